The number of nitrogens with zero attached hydrogens (tertiary/aromatic N) is 2. The molecule has 0 radical (unpaired) electrons. The molecule has 1 aromatic carbocycles. The number of imidazole rings is 1. The van der Waals surface area contributed by atoms with Gasteiger partial charge >= 0.3 is 0 Å². The summed E-state index contributed by atoms with van der Waals surface area (Å²) < 4.78 is 15.1. The van der Waals surface area contributed by atoms with Gasteiger partial charge in [-0.25, -0.2) is 9.37 Å². The van der Waals surface area contributed by atoms with E-state index in [1.54, 1.807) is 6.07 Å². The van der Waals surface area contributed by atoms with Gasteiger partial charge in [-0.15, -0.1) is 6.42 Å². The monoisotopic (exact) mass is 271 g/mol. The van der Waals surface area contributed by atoms with Gasteiger partial charge in [-0.1, -0.05) is 12.8 Å². The van der Waals surface area contributed by atoms with Crippen LogP contribution in [-0.4, -0.2) is 9.55 Å². The number of aromatic nitrogens is 2. The summed E-state index contributed by atoms with van der Waals surface area (Å²) in [4.78, 5) is 4.60. The number of anilines is 1. The van der Waals surface area contributed by atoms with Crippen LogP contribution in [0.3, 0.4) is 0 Å². The zero-order valence-electron chi connectivity index (χ0n) is 11.8. The molecule has 0 aliphatic carbocycles. The number of hydrogen-bond acceptors (Lipinski definition) is 2. The predicted octanol–water partition coefficient (Wildman–Crippen LogP) is 3.17. The molecule has 0 bridgehead atoms. The number of nitrogens with two attached hydrogens (primary N) is 1. The van der Waals surface area contributed by atoms with E-state index in [1.165, 1.54) is 12.1 Å². The van der Waals surface area contributed by atoms with E-state index in [-0.39, 0.29) is 5.82 Å². The Kier molecular flexibility index (Phi) is 4.09. The van der Waals surface area contributed by atoms with Crippen molar-refractivity contribution >= 4 is 5.82 Å². The van der Waals surface area contributed by atoms with Crippen LogP contribution >= 0.6 is 0 Å². The molecule has 0 saturated carbocycles. The normalized spacial score (nSPS) is 10.5. The van der Waals surface area contributed by atoms with E-state index < -0.39 is 0 Å². The maximum atomic E-state index is 13.2. The molecule has 104 valence electrons. The number of terminal acetylenes is 1. The predicted molar refractivity (Wildman–Crippen MR) is 79.6 cm³/mol. The van der Waals surface area contributed by atoms with Gasteiger partial charge in [-0.2, -0.15) is 0 Å². The summed E-state index contributed by atoms with van der Waals surface area (Å²) in [5.41, 5.74) is 8.51. The summed E-state index contributed by atoms with van der Waals surface area (Å²) in [6.07, 6.45) is 7.16. The molecule has 0 aliphatic heterocycles. The number of hydrogen-bond donors (Lipinski definition) is 1. The van der Waals surface area contributed by atoms with Crippen molar-refractivity contribution in [2.45, 2.75) is 33.2 Å². The van der Waals surface area contributed by atoms with Crippen LogP contribution < -0.4 is 5.73 Å². The molecule has 4 heteroatoms. The van der Waals surface area contributed by atoms with Crippen LogP contribution in [0.1, 0.15) is 24.7 Å². The van der Waals surface area contributed by atoms with Gasteiger partial charge in [0.05, 0.1) is 6.54 Å². The van der Waals surface area contributed by atoms with Crippen molar-refractivity contribution in [1.82, 2.24) is 9.55 Å². The average molecular weight is 271 g/mol. The largest absolute Gasteiger partial charge is 0.383 e. The molecule has 0 amide bonds. The lowest BCUT2D eigenvalue weighted by molar-refractivity contribution is 0.627. The van der Waals surface area contributed by atoms with Gasteiger partial charge in [0, 0.05) is 12.0 Å². The zero-order chi connectivity index (χ0) is 14.7. The van der Waals surface area contributed by atoms with E-state index in [9.17, 15) is 4.39 Å². The Morgan fingerprint density at radius 3 is 2.80 bits per heavy atom. The Labute approximate surface area is 118 Å². The maximum Gasteiger partial charge on any atom is 0.132 e. The van der Waals surface area contributed by atoms with Gasteiger partial charge in [0.15, 0.2) is 0 Å². The van der Waals surface area contributed by atoms with E-state index in [2.05, 4.69) is 17.8 Å². The van der Waals surface area contributed by atoms with Crippen LogP contribution in [-0.2, 0) is 13.0 Å². The summed E-state index contributed by atoms with van der Waals surface area (Å²) in [6.45, 7) is 4.32. The molecule has 0 spiro atoms. The van der Waals surface area contributed by atoms with Crippen LogP contribution in [0.2, 0.25) is 0 Å². The van der Waals surface area contributed by atoms with Crippen molar-refractivity contribution in [2.24, 2.45) is 0 Å². The molecule has 0 unspecified atom stereocenters. The van der Waals surface area contributed by atoms with E-state index in [1.807, 2.05) is 11.5 Å². The van der Waals surface area contributed by atoms with Gasteiger partial charge < -0.3 is 10.3 Å². The first-order valence-corrected chi connectivity index (χ1v) is 6.63. The second kappa shape index (κ2) is 5.79. The third-order valence-corrected chi connectivity index (χ3v) is 3.25. The van der Waals surface area contributed by atoms with Gasteiger partial charge in [0.25, 0.3) is 0 Å². The molecular weight excluding hydrogens is 253 g/mol. The lowest BCUT2D eigenvalue weighted by Gasteiger charge is -2.06. The molecule has 2 aromatic rings. The Hall–Kier alpha value is -2.28. The van der Waals surface area contributed by atoms with Crippen molar-refractivity contribution in [2.75, 3.05) is 5.73 Å². The molecule has 1 heterocycles. The van der Waals surface area contributed by atoms with E-state index >= 15 is 0 Å². The minimum atomic E-state index is -0.262. The Balaban J connectivity index is 2.57. The lowest BCUT2D eigenvalue weighted by Crippen LogP contribution is -2.06. The van der Waals surface area contributed by atoms with Crippen molar-refractivity contribution in [1.29, 1.82) is 0 Å². The van der Waals surface area contributed by atoms with E-state index in [0.717, 1.165) is 29.8 Å². The number of nitrogen functional groups attached to an aromatic ring is 1. The summed E-state index contributed by atoms with van der Waals surface area (Å²) in [5, 5.41) is 0. The van der Waals surface area contributed by atoms with Crippen LogP contribution in [0, 0.1) is 25.1 Å². The smallest absolute Gasteiger partial charge is 0.132 e. The van der Waals surface area contributed by atoms with Crippen molar-refractivity contribution in [3.05, 3.63) is 35.4 Å². The second-order valence-electron chi connectivity index (χ2n) is 4.76. The van der Waals surface area contributed by atoms with Gasteiger partial charge in [-0.05, 0) is 37.1 Å². The summed E-state index contributed by atoms with van der Waals surface area (Å²) in [6, 6.07) is 4.61. The molecule has 0 saturated heterocycles. The summed E-state index contributed by atoms with van der Waals surface area (Å²) in [5.74, 6) is 3.75. The highest BCUT2D eigenvalue weighted by molar-refractivity contribution is 5.73. The number of rotatable bonds is 4. The first-order valence-electron chi connectivity index (χ1n) is 6.63. The Bertz CT molecular complexity index is 665. The fourth-order valence-corrected chi connectivity index (χ4v) is 2.29. The van der Waals surface area contributed by atoms with Crippen molar-refractivity contribution in [3.8, 4) is 23.6 Å². The third-order valence-electron chi connectivity index (χ3n) is 3.25. The quantitative estimate of drug-likeness (QED) is 0.868. The minimum Gasteiger partial charge on any atom is -0.383 e. The SMILES string of the molecule is C#CCn1c(CCC)nc(-c2ccc(F)cc2C)c1N. The Morgan fingerprint density at radius 2 is 2.20 bits per heavy atom. The van der Waals surface area contributed by atoms with Crippen LogP contribution in [0.5, 0.6) is 0 Å². The highest BCUT2D eigenvalue weighted by Gasteiger charge is 2.16. The number of aryl methyl sites for hydroxylation is 2. The minimum absolute atomic E-state index is 0.262. The summed E-state index contributed by atoms with van der Waals surface area (Å²) >= 11 is 0. The highest BCUT2D eigenvalue weighted by atomic mass is 19.1. The molecule has 2 rings (SSSR count). The molecule has 2 N–H and O–H groups in total. The van der Waals surface area contributed by atoms with Gasteiger partial charge in [-0.3, -0.25) is 0 Å². The first kappa shape index (κ1) is 14.1. The average Bonchev–Trinajstić information content (AvgIpc) is 2.69. The molecule has 3 nitrogen and oxygen atoms in total. The maximum absolute atomic E-state index is 13.2. The Morgan fingerprint density at radius 1 is 1.45 bits per heavy atom. The molecule has 0 aliphatic rings. The van der Waals surface area contributed by atoms with Crippen LogP contribution in [0.4, 0.5) is 10.2 Å². The molecule has 1 aromatic heterocycles. The molecule has 0 fully saturated rings. The van der Waals surface area contributed by atoms with Crippen LogP contribution in [0.25, 0.3) is 11.3 Å². The number of benzene rings is 1. The second-order valence-corrected chi connectivity index (χ2v) is 4.76. The van der Waals surface area contributed by atoms with Crippen molar-refractivity contribution < 1.29 is 4.39 Å². The van der Waals surface area contributed by atoms with Gasteiger partial charge in [0.2, 0.25) is 0 Å². The fourth-order valence-electron chi connectivity index (χ4n) is 2.29. The first-order chi connectivity index (χ1) is 9.58. The van der Waals surface area contributed by atoms with Crippen LogP contribution in [0.15, 0.2) is 18.2 Å². The highest BCUT2D eigenvalue weighted by Crippen LogP contribution is 2.29. The lowest BCUT2D eigenvalue weighted by atomic mass is 10.1. The zero-order valence-corrected chi connectivity index (χ0v) is 11.8. The fraction of sp³-hybridized carbons (Fsp3) is 0.312. The molecule has 20 heavy (non-hydrogen) atoms. The standard InChI is InChI=1S/C16H18FN3/c1-4-6-14-19-15(16(18)20(14)9-5-2)13-8-7-12(17)10-11(13)3/h2,7-8,10H,4,6,9,18H2,1,3H3. The number of halogens is 1. The third kappa shape index (κ3) is 2.53. The summed E-state index contributed by atoms with van der Waals surface area (Å²) in [7, 11) is 0. The molecule has 0 atom stereocenters. The molecular formula is C16H18FN3. The topological polar surface area (TPSA) is 43.8 Å². The van der Waals surface area contributed by atoms with Crippen molar-refractivity contribution in [3.63, 3.8) is 0 Å². The van der Waals surface area contributed by atoms with Gasteiger partial charge in [0.1, 0.15) is 23.2 Å². The van der Waals surface area contributed by atoms with E-state index in [0.29, 0.717) is 18.1 Å². The van der Waals surface area contributed by atoms with E-state index in [4.69, 9.17) is 12.2 Å².